The number of carbonyl (C=O) groups excluding carboxylic acids is 1. The number of alkyl halides is 2. The Morgan fingerprint density at radius 1 is 1.26 bits per heavy atom. The minimum Gasteiger partial charge on any atom is -0.444 e. The zero-order valence-electron chi connectivity index (χ0n) is 14.4. The number of carbonyl (C=O) groups is 1. The molecule has 1 saturated carbocycles. The van der Waals surface area contributed by atoms with Crippen LogP contribution < -0.4 is 10.6 Å². The molecule has 0 spiro atoms. The van der Waals surface area contributed by atoms with Crippen molar-refractivity contribution in [3.05, 3.63) is 0 Å². The van der Waals surface area contributed by atoms with Gasteiger partial charge in [0.05, 0.1) is 6.61 Å². The normalized spacial score (nSPS) is 22.2. The number of halogens is 2. The van der Waals surface area contributed by atoms with Crippen LogP contribution in [0.25, 0.3) is 0 Å². The summed E-state index contributed by atoms with van der Waals surface area (Å²) >= 11 is 0. The fourth-order valence-corrected chi connectivity index (χ4v) is 2.74. The van der Waals surface area contributed by atoms with Crippen molar-refractivity contribution >= 4 is 6.09 Å². The van der Waals surface area contributed by atoms with Gasteiger partial charge in [-0.2, -0.15) is 0 Å². The Labute approximate surface area is 137 Å². The third kappa shape index (κ3) is 9.71. The second-order valence-electron chi connectivity index (χ2n) is 6.95. The molecule has 0 aliphatic heterocycles. The van der Waals surface area contributed by atoms with E-state index in [1.54, 1.807) is 0 Å². The molecule has 0 aromatic heterocycles. The Hall–Kier alpha value is -0.950. The van der Waals surface area contributed by atoms with Gasteiger partial charge >= 0.3 is 6.09 Å². The predicted molar refractivity (Wildman–Crippen MR) is 84.8 cm³/mol. The first kappa shape index (κ1) is 20.1. The molecule has 2 N–H and O–H groups in total. The van der Waals surface area contributed by atoms with Gasteiger partial charge in [0.25, 0.3) is 6.43 Å². The van der Waals surface area contributed by atoms with E-state index >= 15 is 0 Å². The van der Waals surface area contributed by atoms with E-state index in [4.69, 9.17) is 9.47 Å². The molecule has 7 heteroatoms. The van der Waals surface area contributed by atoms with Crippen molar-refractivity contribution in [1.29, 1.82) is 0 Å². The second kappa shape index (κ2) is 10.0. The maximum Gasteiger partial charge on any atom is 0.407 e. The van der Waals surface area contributed by atoms with Crippen molar-refractivity contribution in [2.45, 2.75) is 64.5 Å². The van der Waals surface area contributed by atoms with E-state index in [2.05, 4.69) is 10.6 Å². The van der Waals surface area contributed by atoms with Crippen molar-refractivity contribution in [2.75, 3.05) is 26.3 Å². The number of nitrogens with one attached hydrogen (secondary N) is 2. The summed E-state index contributed by atoms with van der Waals surface area (Å²) in [7, 11) is 0. The topological polar surface area (TPSA) is 59.6 Å². The van der Waals surface area contributed by atoms with E-state index in [1.807, 2.05) is 20.8 Å². The Morgan fingerprint density at radius 2 is 1.96 bits per heavy atom. The highest BCUT2D eigenvalue weighted by molar-refractivity contribution is 5.67. The molecular weight excluding hydrogens is 306 g/mol. The smallest absolute Gasteiger partial charge is 0.407 e. The maximum atomic E-state index is 12.0. The van der Waals surface area contributed by atoms with E-state index in [0.717, 1.165) is 25.7 Å². The summed E-state index contributed by atoms with van der Waals surface area (Å²) in [6, 6.07) is 0.272. The molecular formula is C16H30F2N2O3. The lowest BCUT2D eigenvalue weighted by Crippen LogP contribution is -2.45. The fraction of sp³-hybridized carbons (Fsp3) is 0.938. The lowest BCUT2D eigenvalue weighted by Gasteiger charge is -2.32. The van der Waals surface area contributed by atoms with E-state index in [0.29, 0.717) is 19.0 Å². The fourth-order valence-electron chi connectivity index (χ4n) is 2.74. The van der Waals surface area contributed by atoms with Crippen molar-refractivity contribution in [2.24, 2.45) is 5.92 Å². The second-order valence-corrected chi connectivity index (χ2v) is 6.95. The monoisotopic (exact) mass is 336 g/mol. The molecule has 0 radical (unpaired) electrons. The van der Waals surface area contributed by atoms with Crippen LogP contribution in [0.15, 0.2) is 0 Å². The lowest BCUT2D eigenvalue weighted by molar-refractivity contribution is 0.0173. The average molecular weight is 336 g/mol. The number of hydrogen-bond acceptors (Lipinski definition) is 4. The van der Waals surface area contributed by atoms with Crippen LogP contribution in [-0.4, -0.2) is 50.5 Å². The third-order valence-corrected chi connectivity index (χ3v) is 3.71. The first-order valence-electron chi connectivity index (χ1n) is 8.34. The van der Waals surface area contributed by atoms with Crippen LogP contribution in [0, 0.1) is 5.92 Å². The molecule has 1 aliphatic carbocycles. The maximum absolute atomic E-state index is 12.0. The van der Waals surface area contributed by atoms with E-state index in [-0.39, 0.29) is 12.6 Å². The van der Waals surface area contributed by atoms with Gasteiger partial charge in [0.2, 0.25) is 0 Å². The van der Waals surface area contributed by atoms with Gasteiger partial charge in [-0.15, -0.1) is 0 Å². The van der Waals surface area contributed by atoms with E-state index in [9.17, 15) is 13.6 Å². The zero-order chi connectivity index (χ0) is 17.3. The molecule has 136 valence electrons. The van der Waals surface area contributed by atoms with E-state index < -0.39 is 24.7 Å². The molecule has 0 saturated heterocycles. The Morgan fingerprint density at radius 3 is 2.61 bits per heavy atom. The van der Waals surface area contributed by atoms with E-state index in [1.165, 1.54) is 0 Å². The number of ether oxygens (including phenoxy) is 2. The van der Waals surface area contributed by atoms with Crippen molar-refractivity contribution in [3.8, 4) is 0 Å². The minimum atomic E-state index is -2.42. The SMILES string of the molecule is CC(C)(C)OC(=O)NCC1CCCCC1NCCOCC(F)F. The van der Waals surface area contributed by atoms with Crippen LogP contribution in [0.1, 0.15) is 46.5 Å². The number of hydrogen-bond donors (Lipinski definition) is 2. The van der Waals surface area contributed by atoms with Gasteiger partial charge in [-0.3, -0.25) is 0 Å². The third-order valence-electron chi connectivity index (χ3n) is 3.71. The summed E-state index contributed by atoms with van der Waals surface area (Å²) < 4.78 is 34.1. The number of alkyl carbamates (subject to hydrolysis) is 1. The van der Waals surface area contributed by atoms with Crippen molar-refractivity contribution < 1.29 is 23.0 Å². The predicted octanol–water partition coefficient (Wildman–Crippen LogP) is 2.94. The first-order valence-corrected chi connectivity index (χ1v) is 8.34. The van der Waals surface area contributed by atoms with Crippen molar-refractivity contribution in [3.63, 3.8) is 0 Å². The van der Waals surface area contributed by atoms with Crippen LogP contribution in [0.5, 0.6) is 0 Å². The summed E-state index contributed by atoms with van der Waals surface area (Å²) in [5, 5.41) is 6.18. The first-order chi connectivity index (χ1) is 10.8. The highest BCUT2D eigenvalue weighted by Gasteiger charge is 2.25. The minimum absolute atomic E-state index is 0.271. The zero-order valence-corrected chi connectivity index (χ0v) is 14.4. The molecule has 1 rings (SSSR count). The van der Waals surface area contributed by atoms with Gasteiger partial charge in [0, 0.05) is 19.1 Å². The van der Waals surface area contributed by atoms with Gasteiger partial charge in [0.1, 0.15) is 12.2 Å². The molecule has 23 heavy (non-hydrogen) atoms. The summed E-state index contributed by atoms with van der Waals surface area (Å²) in [6.45, 7) is 6.35. The van der Waals surface area contributed by atoms with Crippen LogP contribution in [-0.2, 0) is 9.47 Å². The Balaban J connectivity index is 2.27. The Bertz CT molecular complexity index is 349. The highest BCUT2D eigenvalue weighted by atomic mass is 19.3. The van der Waals surface area contributed by atoms with Gasteiger partial charge in [-0.1, -0.05) is 12.8 Å². The standard InChI is InChI=1S/C16H30F2N2O3/c1-16(2,3)23-15(21)20-10-12-6-4-5-7-13(12)19-8-9-22-11-14(17)18/h12-14,19H,4-11H2,1-3H3,(H,20,21). The molecule has 0 aromatic carbocycles. The lowest BCUT2D eigenvalue weighted by atomic mass is 9.84. The van der Waals surface area contributed by atoms with Crippen LogP contribution in [0.3, 0.4) is 0 Å². The van der Waals surface area contributed by atoms with Crippen LogP contribution in [0.4, 0.5) is 13.6 Å². The highest BCUT2D eigenvalue weighted by Crippen LogP contribution is 2.24. The molecule has 1 aliphatic rings. The summed E-state index contributed by atoms with van der Waals surface area (Å²) in [6.07, 6.45) is 1.51. The molecule has 5 nitrogen and oxygen atoms in total. The van der Waals surface area contributed by atoms with Crippen molar-refractivity contribution in [1.82, 2.24) is 10.6 Å². The van der Waals surface area contributed by atoms with Crippen LogP contribution in [0.2, 0.25) is 0 Å². The van der Waals surface area contributed by atoms with Crippen LogP contribution >= 0.6 is 0 Å². The largest absolute Gasteiger partial charge is 0.444 e. The molecule has 0 bridgehead atoms. The Kier molecular flexibility index (Phi) is 8.76. The molecule has 1 amide bonds. The molecule has 1 fully saturated rings. The average Bonchev–Trinajstić information content (AvgIpc) is 2.43. The number of rotatable bonds is 8. The van der Waals surface area contributed by atoms with Gasteiger partial charge in [-0.05, 0) is 39.5 Å². The molecule has 0 aromatic rings. The quantitative estimate of drug-likeness (QED) is 0.669. The summed E-state index contributed by atoms with van der Waals surface area (Å²) in [5.41, 5.74) is -0.504. The number of amides is 1. The summed E-state index contributed by atoms with van der Waals surface area (Å²) in [5.74, 6) is 0.325. The molecule has 2 unspecified atom stereocenters. The van der Waals surface area contributed by atoms with Gasteiger partial charge in [0.15, 0.2) is 0 Å². The molecule has 2 atom stereocenters. The summed E-state index contributed by atoms with van der Waals surface area (Å²) in [4.78, 5) is 11.7. The van der Waals surface area contributed by atoms with Gasteiger partial charge in [-0.25, -0.2) is 13.6 Å². The van der Waals surface area contributed by atoms with Gasteiger partial charge < -0.3 is 20.1 Å². The molecule has 0 heterocycles.